The van der Waals surface area contributed by atoms with Crippen molar-refractivity contribution in [1.82, 2.24) is 14.9 Å². The second-order valence-electron chi connectivity index (χ2n) is 5.53. The molecule has 10 heteroatoms. The molecular weight excluding hydrogens is 398 g/mol. The molecule has 0 bridgehead atoms. The molecule has 4 rings (SSSR count). The smallest absolute Gasteiger partial charge is 0.289 e. The van der Waals surface area contributed by atoms with Gasteiger partial charge < -0.3 is 29.4 Å². The molecule has 0 saturated carbocycles. The molecule has 2 aromatic heterocycles. The molecule has 3 aromatic rings. The summed E-state index contributed by atoms with van der Waals surface area (Å²) in [6.07, 6.45) is 1.09. The summed E-state index contributed by atoms with van der Waals surface area (Å²) in [6, 6.07) is 5.25. The monoisotopic (exact) mass is 427 g/mol. The zero-order valence-corrected chi connectivity index (χ0v) is 16.1. The predicted molar refractivity (Wildman–Crippen MR) is 111 cm³/mol. The van der Waals surface area contributed by atoms with E-state index in [-0.39, 0.29) is 50.4 Å². The van der Waals surface area contributed by atoms with Gasteiger partial charge in [0.05, 0.1) is 37.0 Å². The number of fused-ring (bicyclic) bond motifs is 1. The Hall–Kier alpha value is -3.20. The fourth-order valence-corrected chi connectivity index (χ4v) is 2.53. The van der Waals surface area contributed by atoms with E-state index in [0.717, 1.165) is 12.3 Å². The Morgan fingerprint density at radius 3 is 2.48 bits per heavy atom. The number of hydrogen-bond acceptors (Lipinski definition) is 8. The van der Waals surface area contributed by atoms with Gasteiger partial charge in [-0.05, 0) is 18.2 Å². The topological polar surface area (TPSA) is 107 Å². The molecule has 0 aliphatic carbocycles. The molecule has 29 heavy (non-hydrogen) atoms. The zero-order valence-electron chi connectivity index (χ0n) is 23.3. The Bertz CT molecular complexity index is 1310. The molecule has 9 nitrogen and oxygen atoms in total. The second-order valence-corrected chi connectivity index (χ2v) is 5.53. The Balaban J connectivity index is 0.00000380. The van der Waals surface area contributed by atoms with Crippen molar-refractivity contribution in [2.75, 3.05) is 50.8 Å². The van der Waals surface area contributed by atoms with Gasteiger partial charge in [-0.3, -0.25) is 4.79 Å². The van der Waals surface area contributed by atoms with Crippen LogP contribution in [0.15, 0.2) is 34.9 Å². The zero-order chi connectivity index (χ0) is 26.8. The van der Waals surface area contributed by atoms with E-state index in [2.05, 4.69) is 9.97 Å². The van der Waals surface area contributed by atoms with Crippen molar-refractivity contribution >= 4 is 41.0 Å². The van der Waals surface area contributed by atoms with E-state index in [9.17, 15) is 4.79 Å². The highest BCUT2D eigenvalue weighted by Gasteiger charge is 2.25. The van der Waals surface area contributed by atoms with Gasteiger partial charge in [-0.2, -0.15) is 4.98 Å². The largest absolute Gasteiger partial charge is 0.493 e. The number of furan rings is 1. The van der Waals surface area contributed by atoms with Crippen LogP contribution in [0.3, 0.4) is 0 Å². The number of carbonyl (C=O) groups is 1. The molecule has 3 heterocycles. The Morgan fingerprint density at radius 1 is 1.17 bits per heavy atom. The maximum Gasteiger partial charge on any atom is 0.289 e. The van der Waals surface area contributed by atoms with E-state index in [1.165, 1.54) is 32.4 Å². The molecule has 1 fully saturated rings. The number of piperazine rings is 1. The van der Waals surface area contributed by atoms with Crippen LogP contribution in [-0.2, 0) is 0 Å². The average Bonchev–Trinajstić information content (AvgIpc) is 3.32. The molecular formula is C19H22ClN5O4. The first-order chi connectivity index (χ1) is 16.6. The first kappa shape index (κ1) is 12.4. The van der Waals surface area contributed by atoms with E-state index in [0.29, 0.717) is 0 Å². The summed E-state index contributed by atoms with van der Waals surface area (Å²) in [5.41, 5.74) is 6.11. The number of benzene rings is 1. The van der Waals surface area contributed by atoms with Gasteiger partial charge in [0.25, 0.3) is 5.91 Å². The molecule has 0 unspecified atom stereocenters. The van der Waals surface area contributed by atoms with Crippen LogP contribution < -0.4 is 20.1 Å². The summed E-state index contributed by atoms with van der Waals surface area (Å²) in [7, 11) is 2.76. The minimum Gasteiger partial charge on any atom is -0.493 e. The van der Waals surface area contributed by atoms with Crippen molar-refractivity contribution in [3.05, 3.63) is 36.3 Å². The number of amides is 1. The number of aromatic nitrogens is 2. The maximum absolute atomic E-state index is 13.0. The highest BCUT2D eigenvalue weighted by Crippen LogP contribution is 2.34. The molecule has 0 spiro atoms. The number of nitrogen functional groups attached to an aromatic ring is 1. The normalized spacial score (nSPS) is 24.9. The van der Waals surface area contributed by atoms with Crippen molar-refractivity contribution in [2.24, 2.45) is 0 Å². The van der Waals surface area contributed by atoms with Gasteiger partial charge in [0.1, 0.15) is 5.82 Å². The Kier molecular flexibility index (Phi) is 3.60. The molecule has 1 aliphatic heterocycles. The van der Waals surface area contributed by atoms with Gasteiger partial charge in [0.15, 0.2) is 17.3 Å². The second kappa shape index (κ2) is 8.44. The summed E-state index contributed by atoms with van der Waals surface area (Å²) < 4.78 is 83.4. The highest BCUT2D eigenvalue weighted by atomic mass is 35.5. The van der Waals surface area contributed by atoms with Gasteiger partial charge in [-0.1, -0.05) is 0 Å². The molecule has 1 aromatic carbocycles. The summed E-state index contributed by atoms with van der Waals surface area (Å²) in [5.74, 6) is -2.37. The lowest BCUT2D eigenvalue weighted by atomic mass is 10.2. The van der Waals surface area contributed by atoms with Crippen LogP contribution in [0.2, 0.25) is 0 Å². The standard InChI is InChI=1S/C19H21N5O4.ClH/c1-26-15-10-12-13(11-16(15)27-2)21-19(22-17(12)20)24-7-5-23(6-8-24)18(25)14-4-3-9-28-14;/h3-4,9-11H,5-8H2,1-2H3,(H2,20,21,22);1H/i5D2,6D2,7D2,8D2;. The van der Waals surface area contributed by atoms with Crippen LogP contribution >= 0.6 is 12.4 Å². The Labute approximate surface area is 185 Å². The van der Waals surface area contributed by atoms with Gasteiger partial charge in [-0.15, -0.1) is 12.4 Å². The average molecular weight is 428 g/mol. The number of hydrogen-bond donors (Lipinski definition) is 1. The molecule has 1 aliphatic rings. The third-order valence-electron chi connectivity index (χ3n) is 3.90. The van der Waals surface area contributed by atoms with E-state index in [1.807, 2.05) is 0 Å². The first-order valence-corrected chi connectivity index (χ1v) is 8.00. The summed E-state index contributed by atoms with van der Waals surface area (Å²) in [6.45, 7) is -13.7. The van der Waals surface area contributed by atoms with Crippen molar-refractivity contribution in [3.8, 4) is 11.5 Å². The van der Waals surface area contributed by atoms with E-state index in [4.69, 9.17) is 30.6 Å². The summed E-state index contributed by atoms with van der Waals surface area (Å²) in [4.78, 5) is 21.1. The number of carbonyl (C=O) groups excluding carboxylic acids is 1. The van der Waals surface area contributed by atoms with Crippen LogP contribution in [0.1, 0.15) is 21.5 Å². The van der Waals surface area contributed by atoms with Crippen LogP contribution in [0.25, 0.3) is 10.9 Å². The van der Waals surface area contributed by atoms with Crippen molar-refractivity contribution in [3.63, 3.8) is 0 Å². The first-order valence-electron chi connectivity index (χ1n) is 12.0. The van der Waals surface area contributed by atoms with E-state index < -0.39 is 43.6 Å². The number of halogens is 1. The number of nitrogens with zero attached hydrogens (tertiary/aromatic N) is 4. The molecule has 154 valence electrons. The summed E-state index contributed by atoms with van der Waals surface area (Å²) in [5, 5.41) is 0.246. The van der Waals surface area contributed by atoms with E-state index in [1.54, 1.807) is 0 Å². The molecule has 1 amide bonds. The third-order valence-corrected chi connectivity index (χ3v) is 3.90. The van der Waals surface area contributed by atoms with Gasteiger partial charge in [0.2, 0.25) is 5.95 Å². The minimum absolute atomic E-state index is 0. The maximum atomic E-state index is 13.0. The minimum atomic E-state index is -3.45. The van der Waals surface area contributed by atoms with Crippen molar-refractivity contribution < 1.29 is 29.7 Å². The lowest BCUT2D eigenvalue weighted by Crippen LogP contribution is -2.49. The van der Waals surface area contributed by atoms with E-state index >= 15 is 0 Å². The highest BCUT2D eigenvalue weighted by molar-refractivity contribution is 5.92. The quantitative estimate of drug-likeness (QED) is 0.675. The van der Waals surface area contributed by atoms with Gasteiger partial charge >= 0.3 is 0 Å². The molecule has 1 saturated heterocycles. The number of methoxy groups -OCH3 is 2. The molecule has 0 radical (unpaired) electrons. The number of nitrogens with two attached hydrogens (primary N) is 1. The van der Waals surface area contributed by atoms with Crippen LogP contribution in [-0.4, -0.2) is 61.0 Å². The fourth-order valence-electron chi connectivity index (χ4n) is 2.53. The Morgan fingerprint density at radius 2 is 1.86 bits per heavy atom. The fraction of sp³-hybridized carbons (Fsp3) is 0.316. The van der Waals surface area contributed by atoms with Crippen molar-refractivity contribution in [1.29, 1.82) is 0 Å². The number of anilines is 2. The van der Waals surface area contributed by atoms with Crippen molar-refractivity contribution in [2.45, 2.75) is 0 Å². The van der Waals surface area contributed by atoms with Gasteiger partial charge in [0, 0.05) is 37.4 Å². The summed E-state index contributed by atoms with van der Waals surface area (Å²) >= 11 is 0. The SMILES string of the molecule is Cl.[2H]C1([2H])N(C(=O)c2ccco2)C([2H])([2H])C([2H])([2H])N(c2nc(N)c3cc(OC)c(OC)cc3n2)C1([2H])[2H]. The van der Waals surface area contributed by atoms with Crippen LogP contribution in [0.5, 0.6) is 11.5 Å². The molecule has 2 N–H and O–H groups in total. The lowest BCUT2D eigenvalue weighted by Gasteiger charge is -2.34. The number of ether oxygens (including phenoxy) is 2. The van der Waals surface area contributed by atoms with Gasteiger partial charge in [-0.25, -0.2) is 4.98 Å². The van der Waals surface area contributed by atoms with Crippen LogP contribution in [0, 0.1) is 0 Å². The molecule has 0 atom stereocenters. The van der Waals surface area contributed by atoms with Crippen LogP contribution in [0.4, 0.5) is 11.8 Å². The number of rotatable bonds is 4. The third kappa shape index (κ3) is 3.86. The lowest BCUT2D eigenvalue weighted by molar-refractivity contribution is 0.0714. The predicted octanol–water partition coefficient (Wildman–Crippen LogP) is 2.21.